The molecule has 114 valence electrons. The van der Waals surface area contributed by atoms with Gasteiger partial charge in [-0.3, -0.25) is 4.79 Å². The van der Waals surface area contributed by atoms with Crippen LogP contribution in [0.3, 0.4) is 0 Å². The maximum absolute atomic E-state index is 11.7. The molecule has 6 heteroatoms. The second-order valence-electron chi connectivity index (χ2n) is 4.59. The van der Waals surface area contributed by atoms with Crippen molar-refractivity contribution < 1.29 is 25.2 Å². The summed E-state index contributed by atoms with van der Waals surface area (Å²) in [6.07, 6.45) is 2.59. The van der Waals surface area contributed by atoms with E-state index in [1.807, 2.05) is 0 Å². The van der Waals surface area contributed by atoms with Gasteiger partial charge in [0, 0.05) is 18.2 Å². The van der Waals surface area contributed by atoms with Crippen molar-refractivity contribution in [1.29, 1.82) is 0 Å². The molecule has 0 spiro atoms. The first kappa shape index (κ1) is 15.2. The molecule has 22 heavy (non-hydrogen) atoms. The summed E-state index contributed by atoms with van der Waals surface area (Å²) in [4.78, 5) is 11.7. The lowest BCUT2D eigenvalue weighted by atomic mass is 10.1. The number of nitrogens with one attached hydrogen (secondary N) is 1. The Morgan fingerprint density at radius 1 is 1.00 bits per heavy atom. The van der Waals surface area contributed by atoms with Crippen LogP contribution in [0, 0.1) is 0 Å². The van der Waals surface area contributed by atoms with E-state index in [2.05, 4.69) is 5.32 Å². The normalized spacial score (nSPS) is 10.7. The zero-order chi connectivity index (χ0) is 16.1. The van der Waals surface area contributed by atoms with Crippen LogP contribution in [0.2, 0.25) is 0 Å². The van der Waals surface area contributed by atoms with Gasteiger partial charge in [-0.2, -0.15) is 0 Å². The van der Waals surface area contributed by atoms with Crippen LogP contribution in [0.4, 0.5) is 0 Å². The number of rotatable bonds is 4. The van der Waals surface area contributed by atoms with E-state index in [0.717, 1.165) is 0 Å². The minimum Gasteiger partial charge on any atom is -0.504 e. The molecule has 0 aliphatic heterocycles. The quantitative estimate of drug-likeness (QED) is 0.437. The number of carbonyl (C=O) groups is 1. The average molecular weight is 301 g/mol. The van der Waals surface area contributed by atoms with E-state index in [1.165, 1.54) is 30.4 Å². The van der Waals surface area contributed by atoms with Gasteiger partial charge in [0.1, 0.15) is 0 Å². The lowest BCUT2D eigenvalue weighted by Crippen LogP contribution is -2.20. The molecule has 2 rings (SSSR count). The fourth-order valence-corrected chi connectivity index (χ4v) is 1.78. The molecule has 6 nitrogen and oxygen atoms in total. The van der Waals surface area contributed by atoms with Gasteiger partial charge in [0.05, 0.1) is 0 Å². The molecule has 0 saturated carbocycles. The van der Waals surface area contributed by atoms with Crippen LogP contribution in [0.25, 0.3) is 6.08 Å². The van der Waals surface area contributed by atoms with Gasteiger partial charge in [-0.05, 0) is 29.8 Å². The Hall–Kier alpha value is -3.15. The molecule has 0 radical (unpaired) electrons. The van der Waals surface area contributed by atoms with Crippen molar-refractivity contribution in [1.82, 2.24) is 5.32 Å². The van der Waals surface area contributed by atoms with Crippen molar-refractivity contribution in [3.05, 3.63) is 53.6 Å². The molecule has 0 aromatic heterocycles. The highest BCUT2D eigenvalue weighted by molar-refractivity contribution is 5.92. The van der Waals surface area contributed by atoms with E-state index in [4.69, 9.17) is 0 Å². The van der Waals surface area contributed by atoms with E-state index >= 15 is 0 Å². The van der Waals surface area contributed by atoms with Crippen LogP contribution in [0.1, 0.15) is 11.1 Å². The number of aromatic hydroxyl groups is 4. The summed E-state index contributed by atoms with van der Waals surface area (Å²) in [7, 11) is 0. The fourth-order valence-electron chi connectivity index (χ4n) is 1.78. The summed E-state index contributed by atoms with van der Waals surface area (Å²) in [6, 6.07) is 8.69. The van der Waals surface area contributed by atoms with E-state index in [-0.39, 0.29) is 29.5 Å². The molecule has 5 N–H and O–H groups in total. The third-order valence-electron chi connectivity index (χ3n) is 2.97. The number of hydrogen-bond donors (Lipinski definition) is 5. The first-order chi connectivity index (χ1) is 10.5. The Morgan fingerprint density at radius 3 is 2.50 bits per heavy atom. The fraction of sp³-hybridized carbons (Fsp3) is 0.0625. The van der Waals surface area contributed by atoms with Crippen molar-refractivity contribution in [3.63, 3.8) is 0 Å². The average Bonchev–Trinajstić information content (AvgIpc) is 2.50. The molecule has 0 aliphatic carbocycles. The molecule has 1 amide bonds. The third kappa shape index (κ3) is 3.69. The van der Waals surface area contributed by atoms with E-state index < -0.39 is 5.91 Å². The summed E-state index contributed by atoms with van der Waals surface area (Å²) < 4.78 is 0. The van der Waals surface area contributed by atoms with Crippen molar-refractivity contribution in [2.75, 3.05) is 0 Å². The predicted molar refractivity (Wildman–Crippen MR) is 80.4 cm³/mol. The number of benzene rings is 2. The molecule has 0 heterocycles. The largest absolute Gasteiger partial charge is 0.504 e. The monoisotopic (exact) mass is 301 g/mol. The molecule has 0 aliphatic rings. The summed E-state index contributed by atoms with van der Waals surface area (Å²) in [5, 5.41) is 40.0. The highest BCUT2D eigenvalue weighted by Crippen LogP contribution is 2.29. The van der Waals surface area contributed by atoms with Crippen molar-refractivity contribution in [3.8, 4) is 23.0 Å². The SMILES string of the molecule is O=C(/C=C/c1cccc(O)c1O)NCc1ccc(O)c(O)c1. The molecule has 2 aromatic rings. The topological polar surface area (TPSA) is 110 Å². The summed E-state index contributed by atoms with van der Waals surface area (Å²) in [5.74, 6) is -1.45. The van der Waals surface area contributed by atoms with Gasteiger partial charge in [-0.1, -0.05) is 18.2 Å². The molecular formula is C16H15NO5. The molecule has 2 aromatic carbocycles. The first-order valence-corrected chi connectivity index (χ1v) is 6.45. The number of carbonyl (C=O) groups excluding carboxylic acids is 1. The van der Waals surface area contributed by atoms with Crippen LogP contribution in [0.15, 0.2) is 42.5 Å². The minimum atomic E-state index is -0.407. The number of hydrogen-bond acceptors (Lipinski definition) is 5. The van der Waals surface area contributed by atoms with Gasteiger partial charge in [-0.15, -0.1) is 0 Å². The first-order valence-electron chi connectivity index (χ1n) is 6.45. The van der Waals surface area contributed by atoms with Gasteiger partial charge in [0.25, 0.3) is 0 Å². The minimum absolute atomic E-state index is 0.170. The van der Waals surface area contributed by atoms with Crippen LogP contribution < -0.4 is 5.32 Å². The van der Waals surface area contributed by atoms with Gasteiger partial charge < -0.3 is 25.7 Å². The van der Waals surface area contributed by atoms with Gasteiger partial charge in [0.2, 0.25) is 5.91 Å². The molecule has 0 saturated heterocycles. The summed E-state index contributed by atoms with van der Waals surface area (Å²) in [5.41, 5.74) is 0.940. The van der Waals surface area contributed by atoms with Crippen molar-refractivity contribution in [2.24, 2.45) is 0 Å². The van der Waals surface area contributed by atoms with Gasteiger partial charge in [0.15, 0.2) is 23.0 Å². The molecule has 0 unspecified atom stereocenters. The van der Waals surface area contributed by atoms with Crippen LogP contribution >= 0.6 is 0 Å². The maximum atomic E-state index is 11.7. The molecule has 0 atom stereocenters. The lowest BCUT2D eigenvalue weighted by Gasteiger charge is -2.05. The third-order valence-corrected chi connectivity index (χ3v) is 2.97. The number of amides is 1. The zero-order valence-electron chi connectivity index (χ0n) is 11.5. The summed E-state index contributed by atoms with van der Waals surface area (Å²) >= 11 is 0. The highest BCUT2D eigenvalue weighted by atomic mass is 16.3. The Labute approximate surface area is 126 Å². The maximum Gasteiger partial charge on any atom is 0.244 e. The Bertz CT molecular complexity index is 724. The second-order valence-corrected chi connectivity index (χ2v) is 4.59. The van der Waals surface area contributed by atoms with Crippen LogP contribution in [-0.4, -0.2) is 26.3 Å². The molecule has 0 fully saturated rings. The number of para-hydroxylation sites is 1. The standard InChI is InChI=1S/C16H15NO5/c18-12-6-4-10(8-14(12)20)9-17-15(21)7-5-11-2-1-3-13(19)16(11)22/h1-8,18-20,22H,9H2,(H,17,21)/b7-5+. The van der Waals surface area contributed by atoms with Crippen LogP contribution in [-0.2, 0) is 11.3 Å². The predicted octanol–water partition coefficient (Wildman–Crippen LogP) is 1.84. The zero-order valence-corrected chi connectivity index (χ0v) is 11.5. The van der Waals surface area contributed by atoms with Gasteiger partial charge in [-0.25, -0.2) is 0 Å². The Morgan fingerprint density at radius 2 is 1.77 bits per heavy atom. The number of phenolic OH excluding ortho intramolecular Hbond substituents is 4. The Balaban J connectivity index is 1.96. The van der Waals surface area contributed by atoms with Crippen molar-refractivity contribution >= 4 is 12.0 Å². The lowest BCUT2D eigenvalue weighted by molar-refractivity contribution is -0.116. The van der Waals surface area contributed by atoms with Crippen molar-refractivity contribution in [2.45, 2.75) is 6.54 Å². The van der Waals surface area contributed by atoms with E-state index in [1.54, 1.807) is 18.2 Å². The van der Waals surface area contributed by atoms with E-state index in [9.17, 15) is 25.2 Å². The number of phenols is 4. The highest BCUT2D eigenvalue weighted by Gasteiger charge is 2.04. The Kier molecular flexibility index (Phi) is 4.53. The van der Waals surface area contributed by atoms with Gasteiger partial charge >= 0.3 is 0 Å². The second kappa shape index (κ2) is 6.53. The molecule has 0 bridgehead atoms. The summed E-state index contributed by atoms with van der Waals surface area (Å²) in [6.45, 7) is 0.170. The smallest absolute Gasteiger partial charge is 0.244 e. The molecular weight excluding hydrogens is 286 g/mol. The van der Waals surface area contributed by atoms with E-state index in [0.29, 0.717) is 11.1 Å². The van der Waals surface area contributed by atoms with Crippen LogP contribution in [0.5, 0.6) is 23.0 Å².